The van der Waals surface area contributed by atoms with Gasteiger partial charge in [-0.25, -0.2) is 14.5 Å². The minimum Gasteiger partial charge on any atom is -0.478 e. The highest BCUT2D eigenvalue weighted by Gasteiger charge is 2.18. The summed E-state index contributed by atoms with van der Waals surface area (Å²) >= 11 is 0. The summed E-state index contributed by atoms with van der Waals surface area (Å²) in [6.45, 7) is 2.68. The van der Waals surface area contributed by atoms with Crippen LogP contribution in [0, 0.1) is 5.92 Å². The molecular weight excluding hydrogens is 398 g/mol. The van der Waals surface area contributed by atoms with Gasteiger partial charge in [0.2, 0.25) is 0 Å². The molecule has 0 unspecified atom stereocenters. The lowest BCUT2D eigenvalue weighted by atomic mass is 9.87. The summed E-state index contributed by atoms with van der Waals surface area (Å²) in [6.07, 6.45) is 12.5. The second kappa shape index (κ2) is 10.4. The van der Waals surface area contributed by atoms with Gasteiger partial charge in [0.1, 0.15) is 5.82 Å². The fourth-order valence-electron chi connectivity index (χ4n) is 4.55. The largest absolute Gasteiger partial charge is 0.478 e. The topological polar surface area (TPSA) is 68.0 Å². The van der Waals surface area contributed by atoms with Crippen LogP contribution >= 0.6 is 0 Å². The second-order valence-corrected chi connectivity index (χ2v) is 8.63. The monoisotopic (exact) mass is 429 g/mol. The fourth-order valence-corrected chi connectivity index (χ4v) is 4.55. The Balaban J connectivity index is 1.53. The van der Waals surface area contributed by atoms with Gasteiger partial charge in [-0.05, 0) is 35.6 Å². The van der Waals surface area contributed by atoms with Gasteiger partial charge in [-0.3, -0.25) is 0 Å². The predicted octanol–water partition coefficient (Wildman–Crippen LogP) is 5.93. The van der Waals surface area contributed by atoms with Crippen LogP contribution in [0.15, 0.2) is 60.7 Å². The Morgan fingerprint density at radius 3 is 2.56 bits per heavy atom. The second-order valence-electron chi connectivity index (χ2n) is 8.63. The van der Waals surface area contributed by atoms with Crippen molar-refractivity contribution in [3.05, 3.63) is 83.5 Å². The van der Waals surface area contributed by atoms with Crippen LogP contribution in [0.25, 0.3) is 11.1 Å². The zero-order chi connectivity index (χ0) is 22.3. The van der Waals surface area contributed by atoms with Gasteiger partial charge in [-0.2, -0.15) is 5.10 Å². The highest BCUT2D eigenvalue weighted by Crippen LogP contribution is 2.27. The zero-order valence-corrected chi connectivity index (χ0v) is 18.7. The molecule has 32 heavy (non-hydrogen) atoms. The van der Waals surface area contributed by atoms with Gasteiger partial charge in [-0.15, -0.1) is 0 Å². The van der Waals surface area contributed by atoms with Crippen molar-refractivity contribution in [3.63, 3.8) is 0 Å². The third-order valence-corrected chi connectivity index (χ3v) is 6.28. The van der Waals surface area contributed by atoms with Crippen LogP contribution in [0.3, 0.4) is 0 Å². The lowest BCUT2D eigenvalue weighted by Crippen LogP contribution is -2.11. The molecule has 3 aromatic rings. The van der Waals surface area contributed by atoms with Crippen LogP contribution < -0.4 is 0 Å². The molecule has 1 fully saturated rings. The molecule has 166 valence electrons. The molecule has 1 saturated carbocycles. The van der Waals surface area contributed by atoms with Gasteiger partial charge >= 0.3 is 5.97 Å². The fraction of sp³-hybridized carbons (Fsp3) is 0.370. The maximum absolute atomic E-state index is 11.5. The number of hydrogen-bond donors (Lipinski definition) is 1. The highest BCUT2D eigenvalue weighted by atomic mass is 16.4. The van der Waals surface area contributed by atoms with E-state index in [1.165, 1.54) is 32.1 Å². The van der Waals surface area contributed by atoms with Crippen LogP contribution in [0.1, 0.15) is 66.6 Å². The number of aromatic nitrogens is 3. The van der Waals surface area contributed by atoms with E-state index >= 15 is 0 Å². The molecule has 0 atom stereocenters. The number of carboxylic acids is 1. The first-order chi connectivity index (χ1) is 15.6. The van der Waals surface area contributed by atoms with Gasteiger partial charge in [0.25, 0.3) is 0 Å². The van der Waals surface area contributed by atoms with E-state index in [9.17, 15) is 9.90 Å². The van der Waals surface area contributed by atoms with Crippen LogP contribution in [0.2, 0.25) is 0 Å². The minimum absolute atomic E-state index is 0.317. The van der Waals surface area contributed by atoms with E-state index < -0.39 is 5.97 Å². The van der Waals surface area contributed by atoms with Crippen molar-refractivity contribution >= 4 is 5.97 Å². The lowest BCUT2D eigenvalue weighted by Gasteiger charge is -2.19. The molecule has 5 heteroatoms. The quantitative estimate of drug-likeness (QED) is 0.450. The smallest absolute Gasteiger partial charge is 0.336 e. The zero-order valence-electron chi connectivity index (χ0n) is 18.7. The molecule has 1 aliphatic carbocycles. The normalized spacial score (nSPS) is 14.8. The number of aromatic carboxylic acids is 1. The van der Waals surface area contributed by atoms with Crippen molar-refractivity contribution in [1.82, 2.24) is 14.8 Å². The Morgan fingerprint density at radius 2 is 1.84 bits per heavy atom. The number of hydrogen-bond acceptors (Lipinski definition) is 3. The molecule has 0 spiro atoms. The van der Waals surface area contributed by atoms with Gasteiger partial charge < -0.3 is 5.11 Å². The Morgan fingerprint density at radius 1 is 1.09 bits per heavy atom. The molecule has 5 nitrogen and oxygen atoms in total. The first kappa shape index (κ1) is 22.0. The molecule has 0 amide bonds. The number of carboxylic acid groups (broad SMARTS) is 1. The molecule has 1 N–H and O–H groups in total. The third kappa shape index (κ3) is 5.34. The summed E-state index contributed by atoms with van der Waals surface area (Å²) in [5, 5.41) is 14.3. The lowest BCUT2D eigenvalue weighted by molar-refractivity contribution is 0.0697. The Kier molecular flexibility index (Phi) is 7.15. The highest BCUT2D eigenvalue weighted by molar-refractivity contribution is 5.95. The van der Waals surface area contributed by atoms with E-state index in [-0.39, 0.29) is 0 Å². The van der Waals surface area contributed by atoms with Crippen molar-refractivity contribution in [1.29, 1.82) is 0 Å². The molecule has 1 aromatic heterocycles. The summed E-state index contributed by atoms with van der Waals surface area (Å²) in [7, 11) is 0. The van der Waals surface area contributed by atoms with Gasteiger partial charge in [0.15, 0.2) is 5.82 Å². The van der Waals surface area contributed by atoms with E-state index in [1.54, 1.807) is 12.1 Å². The summed E-state index contributed by atoms with van der Waals surface area (Å²) in [6, 6.07) is 15.2. The maximum atomic E-state index is 11.5. The summed E-state index contributed by atoms with van der Waals surface area (Å²) in [5.74, 6) is 1.76. The standard InChI is InChI=1S/C27H31N3O2/c1-2-3-13-26-28-25(18-20-9-5-4-6-10-20)29-30(26)19-21-14-16-22(17-15-21)23-11-7-8-12-24(23)27(31)32/h2-3,7-8,11-12,14-17,20H,4-6,9-10,13,18-19H2,1H3,(H,31,32). The third-order valence-electron chi connectivity index (χ3n) is 6.28. The number of allylic oxidation sites excluding steroid dienone is 2. The first-order valence-corrected chi connectivity index (χ1v) is 11.6. The van der Waals surface area contributed by atoms with Gasteiger partial charge in [-0.1, -0.05) is 86.7 Å². The predicted molar refractivity (Wildman–Crippen MR) is 127 cm³/mol. The Labute approximate surface area is 189 Å². The minimum atomic E-state index is -0.911. The number of benzene rings is 2. The average Bonchev–Trinajstić information content (AvgIpc) is 3.19. The van der Waals surface area contributed by atoms with Crippen LogP contribution in [0.4, 0.5) is 0 Å². The summed E-state index contributed by atoms with van der Waals surface area (Å²) in [5.41, 5.74) is 3.07. The number of carbonyl (C=O) groups is 1. The average molecular weight is 430 g/mol. The van der Waals surface area contributed by atoms with Crippen molar-refractivity contribution in [2.45, 2.75) is 58.4 Å². The van der Waals surface area contributed by atoms with E-state index in [0.29, 0.717) is 18.0 Å². The molecule has 0 radical (unpaired) electrons. The molecular formula is C27H31N3O2. The molecule has 0 bridgehead atoms. The van der Waals surface area contributed by atoms with Gasteiger partial charge in [0, 0.05) is 12.8 Å². The van der Waals surface area contributed by atoms with Crippen molar-refractivity contribution < 1.29 is 9.90 Å². The summed E-state index contributed by atoms with van der Waals surface area (Å²) in [4.78, 5) is 16.4. The SMILES string of the molecule is CC=CCc1nc(CC2CCCCC2)nn1Cc1ccc(-c2ccccc2C(=O)O)cc1. The molecule has 0 aliphatic heterocycles. The molecule has 0 saturated heterocycles. The molecule has 2 aromatic carbocycles. The van der Waals surface area contributed by atoms with E-state index in [2.05, 4.69) is 24.3 Å². The maximum Gasteiger partial charge on any atom is 0.336 e. The van der Waals surface area contributed by atoms with E-state index in [0.717, 1.165) is 41.2 Å². The van der Waals surface area contributed by atoms with E-state index in [1.807, 2.05) is 35.9 Å². The Bertz CT molecular complexity index is 1080. The van der Waals surface area contributed by atoms with Crippen molar-refractivity contribution in [2.24, 2.45) is 5.92 Å². The Hall–Kier alpha value is -3.21. The van der Waals surface area contributed by atoms with Crippen LogP contribution in [-0.4, -0.2) is 25.8 Å². The van der Waals surface area contributed by atoms with E-state index in [4.69, 9.17) is 10.1 Å². The van der Waals surface area contributed by atoms with Crippen LogP contribution in [-0.2, 0) is 19.4 Å². The number of nitrogens with zero attached hydrogens (tertiary/aromatic N) is 3. The van der Waals surface area contributed by atoms with Gasteiger partial charge in [0.05, 0.1) is 12.1 Å². The first-order valence-electron chi connectivity index (χ1n) is 11.6. The molecule has 4 rings (SSSR count). The van der Waals surface area contributed by atoms with Crippen molar-refractivity contribution in [3.8, 4) is 11.1 Å². The van der Waals surface area contributed by atoms with Crippen LogP contribution in [0.5, 0.6) is 0 Å². The number of rotatable bonds is 8. The summed E-state index contributed by atoms with van der Waals surface area (Å²) < 4.78 is 2.03. The van der Waals surface area contributed by atoms with Crippen molar-refractivity contribution in [2.75, 3.05) is 0 Å². The molecule has 1 aliphatic rings. The molecule has 1 heterocycles.